The van der Waals surface area contributed by atoms with Crippen LogP contribution in [0.1, 0.15) is 62.6 Å². The zero-order valence-corrected chi connectivity index (χ0v) is 26.9. The molecule has 0 bridgehead atoms. The number of nitrogens with one attached hydrogen (secondary N) is 2. The van der Waals surface area contributed by atoms with E-state index >= 15 is 0 Å². The van der Waals surface area contributed by atoms with Crippen LogP contribution in [0.3, 0.4) is 0 Å². The maximum Gasteiger partial charge on any atom is 0.323 e. The van der Waals surface area contributed by atoms with E-state index in [1.54, 1.807) is 23.0 Å². The van der Waals surface area contributed by atoms with Gasteiger partial charge in [-0.25, -0.2) is 9.78 Å². The van der Waals surface area contributed by atoms with E-state index in [-0.39, 0.29) is 23.1 Å². The van der Waals surface area contributed by atoms with E-state index < -0.39 is 6.03 Å². The number of nitrogens with zero attached hydrogens (tertiary/aromatic N) is 3. The maximum atomic E-state index is 14.2. The number of para-hydroxylation sites is 1. The normalized spacial score (nSPS) is 11.2. The summed E-state index contributed by atoms with van der Waals surface area (Å²) < 4.78 is 7.73. The highest BCUT2D eigenvalue weighted by atomic mass is 16.5. The first kappa shape index (κ1) is 32.2. The fourth-order valence-corrected chi connectivity index (χ4v) is 5.65. The molecule has 2 N–H and O–H groups in total. The predicted octanol–water partition coefficient (Wildman–Crippen LogP) is 8.55. The molecule has 2 amide bonds. The van der Waals surface area contributed by atoms with E-state index in [0.29, 0.717) is 43.0 Å². The number of benzene rings is 2. The summed E-state index contributed by atoms with van der Waals surface area (Å²) in [5, 5.41) is 6.80. The minimum absolute atomic E-state index is 0.169. The fraction of sp³-hybridized carbons (Fsp3) is 0.263. The summed E-state index contributed by atoms with van der Waals surface area (Å²) in [7, 11) is 0. The Balaban J connectivity index is 1.58. The molecule has 236 valence electrons. The second kappa shape index (κ2) is 14.7. The lowest BCUT2D eigenvalue weighted by atomic mass is 9.93. The van der Waals surface area contributed by atoms with Gasteiger partial charge in [-0.15, -0.1) is 6.58 Å². The number of ether oxygens (including phenoxy) is 1. The Morgan fingerprint density at radius 1 is 0.935 bits per heavy atom. The van der Waals surface area contributed by atoms with Crippen LogP contribution in [-0.2, 0) is 13.0 Å². The Labute approximate surface area is 270 Å². The van der Waals surface area contributed by atoms with Crippen molar-refractivity contribution in [2.45, 2.75) is 58.9 Å². The molecule has 8 nitrogen and oxygen atoms in total. The average molecular weight is 616 g/mol. The van der Waals surface area contributed by atoms with Gasteiger partial charge in [0.25, 0.3) is 5.56 Å². The molecule has 0 spiro atoms. The van der Waals surface area contributed by atoms with Crippen molar-refractivity contribution < 1.29 is 9.53 Å². The van der Waals surface area contributed by atoms with Crippen molar-refractivity contribution >= 4 is 28.4 Å². The number of amides is 2. The van der Waals surface area contributed by atoms with Crippen LogP contribution >= 0.6 is 0 Å². The van der Waals surface area contributed by atoms with Crippen LogP contribution in [0.5, 0.6) is 5.75 Å². The van der Waals surface area contributed by atoms with Gasteiger partial charge in [-0.05, 0) is 70.8 Å². The number of allylic oxidation sites excluding steroid dienone is 1. The standard InChI is InChI=1S/C38H41N5O3/c1-6-7-21-43-36-32(17-11-20-40-36)33(28-13-8-14-29(23-28)46-22-18-27-12-10-19-39-24-27)35(37(43)44)42-38(45)41-34-30(25(2)3)15-9-16-31(34)26(4)5/h6,8-17,19-20,23-26H,1,7,18,21-22H2,2-5H3,(H2,41,42,45). The number of fused-ring (bicyclic) bond motifs is 1. The van der Waals surface area contributed by atoms with Crippen LogP contribution in [0.4, 0.5) is 16.2 Å². The van der Waals surface area contributed by atoms with Crippen molar-refractivity contribution in [3.63, 3.8) is 0 Å². The van der Waals surface area contributed by atoms with Gasteiger partial charge in [-0.3, -0.25) is 14.3 Å². The summed E-state index contributed by atoms with van der Waals surface area (Å²) in [5.41, 5.74) is 5.58. The van der Waals surface area contributed by atoms with Gasteiger partial charge >= 0.3 is 6.03 Å². The highest BCUT2D eigenvalue weighted by Gasteiger charge is 2.23. The van der Waals surface area contributed by atoms with E-state index in [4.69, 9.17) is 4.74 Å². The number of anilines is 2. The fourth-order valence-electron chi connectivity index (χ4n) is 5.65. The van der Waals surface area contributed by atoms with Gasteiger partial charge in [-0.2, -0.15) is 0 Å². The monoisotopic (exact) mass is 615 g/mol. The van der Waals surface area contributed by atoms with E-state index in [2.05, 4.69) is 54.9 Å². The van der Waals surface area contributed by atoms with Crippen molar-refractivity contribution in [1.82, 2.24) is 14.5 Å². The van der Waals surface area contributed by atoms with Gasteiger partial charge in [0, 0.05) is 48.2 Å². The Morgan fingerprint density at radius 2 is 1.65 bits per heavy atom. The first-order valence-electron chi connectivity index (χ1n) is 15.7. The third kappa shape index (κ3) is 7.18. The third-order valence-electron chi connectivity index (χ3n) is 7.93. The molecule has 3 heterocycles. The van der Waals surface area contributed by atoms with Gasteiger partial charge in [0.2, 0.25) is 0 Å². The van der Waals surface area contributed by atoms with Gasteiger partial charge in [0.1, 0.15) is 17.1 Å². The van der Waals surface area contributed by atoms with Gasteiger partial charge in [-0.1, -0.05) is 70.2 Å². The number of pyridine rings is 3. The summed E-state index contributed by atoms with van der Waals surface area (Å²) in [4.78, 5) is 36.9. The number of hydrogen-bond donors (Lipinski definition) is 2. The number of carbonyl (C=O) groups excluding carboxylic acids is 1. The SMILES string of the molecule is C=CCCn1c(=O)c(NC(=O)Nc2c(C(C)C)cccc2C(C)C)c(-c2cccc(OCCc3cccnc3)c2)c2cccnc21. The van der Waals surface area contributed by atoms with Gasteiger partial charge < -0.3 is 15.4 Å². The highest BCUT2D eigenvalue weighted by Crippen LogP contribution is 2.36. The van der Waals surface area contributed by atoms with E-state index in [1.165, 1.54) is 0 Å². The molecule has 0 atom stereocenters. The number of carbonyl (C=O) groups is 1. The number of hydrogen-bond acceptors (Lipinski definition) is 5. The molecule has 2 aromatic carbocycles. The molecule has 46 heavy (non-hydrogen) atoms. The quantitative estimate of drug-likeness (QED) is 0.137. The Morgan fingerprint density at radius 3 is 2.35 bits per heavy atom. The average Bonchev–Trinajstić information content (AvgIpc) is 3.05. The summed E-state index contributed by atoms with van der Waals surface area (Å²) in [6, 6.07) is 20.8. The summed E-state index contributed by atoms with van der Waals surface area (Å²) in [6.07, 6.45) is 8.27. The zero-order chi connectivity index (χ0) is 32.6. The molecular formula is C38H41N5O3. The number of aryl methyl sites for hydroxylation is 1. The molecule has 5 rings (SSSR count). The topological polar surface area (TPSA) is 98.1 Å². The van der Waals surface area contributed by atoms with Crippen molar-refractivity contribution in [3.8, 4) is 16.9 Å². The number of aromatic nitrogens is 3. The molecule has 0 radical (unpaired) electrons. The minimum Gasteiger partial charge on any atom is -0.493 e. The molecule has 8 heteroatoms. The van der Waals surface area contributed by atoms with Crippen LogP contribution in [0.15, 0.2) is 103 Å². The summed E-state index contributed by atoms with van der Waals surface area (Å²) >= 11 is 0. The lowest BCUT2D eigenvalue weighted by molar-refractivity contribution is 0.262. The molecule has 0 fully saturated rings. The van der Waals surface area contributed by atoms with Crippen LogP contribution in [0.25, 0.3) is 22.2 Å². The largest absolute Gasteiger partial charge is 0.493 e. The molecule has 0 saturated carbocycles. The van der Waals surface area contributed by atoms with Gasteiger partial charge in [0.05, 0.1) is 6.61 Å². The highest BCUT2D eigenvalue weighted by molar-refractivity contribution is 6.07. The maximum absolute atomic E-state index is 14.2. The van der Waals surface area contributed by atoms with Crippen LogP contribution in [0, 0.1) is 0 Å². The predicted molar refractivity (Wildman–Crippen MR) is 187 cm³/mol. The molecule has 0 aliphatic carbocycles. The molecule has 0 aliphatic rings. The van der Waals surface area contributed by atoms with Crippen LogP contribution in [-0.4, -0.2) is 27.2 Å². The van der Waals surface area contributed by atoms with Crippen molar-refractivity contribution in [2.24, 2.45) is 0 Å². The lowest BCUT2D eigenvalue weighted by Crippen LogP contribution is -2.30. The lowest BCUT2D eigenvalue weighted by Gasteiger charge is -2.22. The summed E-state index contributed by atoms with van der Waals surface area (Å²) in [6.45, 7) is 13.1. The number of urea groups is 1. The van der Waals surface area contributed by atoms with Crippen molar-refractivity contribution in [2.75, 3.05) is 17.2 Å². The van der Waals surface area contributed by atoms with E-state index in [9.17, 15) is 9.59 Å². The molecule has 3 aromatic heterocycles. The Hall–Kier alpha value is -5.24. The Kier molecular flexibility index (Phi) is 10.3. The van der Waals surface area contributed by atoms with Crippen molar-refractivity contribution in [1.29, 1.82) is 0 Å². The second-order valence-electron chi connectivity index (χ2n) is 11.8. The van der Waals surface area contributed by atoms with Crippen LogP contribution < -0.4 is 20.9 Å². The Bertz CT molecular complexity index is 1870. The molecule has 0 saturated heterocycles. The van der Waals surface area contributed by atoms with E-state index in [0.717, 1.165) is 33.3 Å². The van der Waals surface area contributed by atoms with E-state index in [1.807, 2.05) is 72.9 Å². The molecule has 0 aliphatic heterocycles. The smallest absolute Gasteiger partial charge is 0.323 e. The third-order valence-corrected chi connectivity index (χ3v) is 7.93. The first-order chi connectivity index (χ1) is 22.3. The molecule has 0 unspecified atom stereocenters. The summed E-state index contributed by atoms with van der Waals surface area (Å²) in [5.74, 6) is 1.03. The second-order valence-corrected chi connectivity index (χ2v) is 11.8. The number of rotatable bonds is 12. The first-order valence-corrected chi connectivity index (χ1v) is 15.7. The zero-order valence-electron chi connectivity index (χ0n) is 26.9. The molecular weight excluding hydrogens is 574 g/mol. The minimum atomic E-state index is -0.490. The van der Waals surface area contributed by atoms with Gasteiger partial charge in [0.15, 0.2) is 0 Å². The van der Waals surface area contributed by atoms with Crippen LogP contribution in [0.2, 0.25) is 0 Å². The van der Waals surface area contributed by atoms with Crippen molar-refractivity contribution in [3.05, 3.63) is 125 Å². The molecule has 5 aromatic rings.